The molecule has 0 saturated heterocycles. The van der Waals surface area contributed by atoms with Gasteiger partial charge in [0.05, 0.1) is 11.4 Å². The standard InChI is InChI=1S/C36H42N4O2/c1-33(2,3)29-21-23-13-11-15-25(31(23)41-29)39-19-17-27(37-39)35(7,8)36(9,10)28-18-20-40(38-28)26-16-12-14-24-22-30(34(4,5)6)42-32(24)26/h11-22H,1-10H3. The molecule has 0 fully saturated rings. The molecule has 4 aromatic heterocycles. The first-order valence-electron chi connectivity index (χ1n) is 14.8. The van der Waals surface area contributed by atoms with Gasteiger partial charge in [0.2, 0.25) is 0 Å². The number of rotatable bonds is 5. The number of hydrogen-bond donors (Lipinski definition) is 0. The Labute approximate surface area is 248 Å². The van der Waals surface area contributed by atoms with E-state index in [1.165, 1.54) is 0 Å². The van der Waals surface area contributed by atoms with Crippen molar-refractivity contribution in [2.45, 2.75) is 90.9 Å². The Bertz CT molecular complexity index is 1770. The maximum absolute atomic E-state index is 6.36. The smallest absolute Gasteiger partial charge is 0.159 e. The summed E-state index contributed by atoms with van der Waals surface area (Å²) in [5.74, 6) is 1.93. The summed E-state index contributed by atoms with van der Waals surface area (Å²) in [6.45, 7) is 22.0. The van der Waals surface area contributed by atoms with E-state index in [2.05, 4.69) is 130 Å². The van der Waals surface area contributed by atoms with Crippen molar-refractivity contribution in [3.8, 4) is 11.4 Å². The molecule has 0 aliphatic carbocycles. The Morgan fingerprint density at radius 1 is 0.524 bits per heavy atom. The van der Waals surface area contributed by atoms with E-state index in [-0.39, 0.29) is 21.7 Å². The van der Waals surface area contributed by atoms with Crippen LogP contribution in [0.4, 0.5) is 0 Å². The quantitative estimate of drug-likeness (QED) is 0.210. The van der Waals surface area contributed by atoms with Crippen LogP contribution in [0.25, 0.3) is 33.3 Å². The Balaban J connectivity index is 1.35. The van der Waals surface area contributed by atoms with E-state index in [4.69, 9.17) is 19.0 Å². The Kier molecular flexibility index (Phi) is 6.16. The van der Waals surface area contributed by atoms with Gasteiger partial charge in [0, 0.05) is 44.8 Å². The van der Waals surface area contributed by atoms with Gasteiger partial charge in [-0.1, -0.05) is 93.5 Å². The molecule has 0 radical (unpaired) electrons. The minimum absolute atomic E-state index is 0.0711. The fraction of sp³-hybridized carbons (Fsp3) is 0.389. The van der Waals surface area contributed by atoms with Gasteiger partial charge >= 0.3 is 0 Å². The highest BCUT2D eigenvalue weighted by Crippen LogP contribution is 2.43. The summed E-state index contributed by atoms with van der Waals surface area (Å²) in [6, 6.07) is 21.0. The lowest BCUT2D eigenvalue weighted by Crippen LogP contribution is -2.41. The lowest BCUT2D eigenvalue weighted by atomic mass is 9.64. The number of para-hydroxylation sites is 2. The molecular formula is C36H42N4O2. The van der Waals surface area contributed by atoms with Crippen LogP contribution in [-0.2, 0) is 21.7 Å². The summed E-state index contributed by atoms with van der Waals surface area (Å²) >= 11 is 0. The van der Waals surface area contributed by atoms with Gasteiger partial charge in [-0.3, -0.25) is 0 Å². The lowest BCUT2D eigenvalue weighted by Gasteiger charge is -2.39. The minimum atomic E-state index is -0.332. The molecule has 0 aliphatic rings. The zero-order valence-electron chi connectivity index (χ0n) is 26.5. The molecule has 0 saturated carbocycles. The largest absolute Gasteiger partial charge is 0.458 e. The molecule has 6 nitrogen and oxygen atoms in total. The van der Waals surface area contributed by atoms with Crippen LogP contribution in [0.2, 0.25) is 0 Å². The van der Waals surface area contributed by atoms with Gasteiger partial charge in [0.1, 0.15) is 22.9 Å². The van der Waals surface area contributed by atoms with E-state index < -0.39 is 0 Å². The summed E-state index contributed by atoms with van der Waals surface area (Å²) in [5.41, 5.74) is 4.76. The first kappa shape index (κ1) is 28.1. The molecule has 218 valence electrons. The monoisotopic (exact) mass is 562 g/mol. The van der Waals surface area contributed by atoms with Crippen molar-refractivity contribution in [1.29, 1.82) is 0 Å². The average Bonchev–Trinajstić information content (AvgIpc) is 3.71. The van der Waals surface area contributed by atoms with Crippen molar-refractivity contribution in [3.63, 3.8) is 0 Å². The summed E-state index contributed by atoms with van der Waals surface area (Å²) in [6.07, 6.45) is 4.06. The van der Waals surface area contributed by atoms with Gasteiger partial charge in [0.25, 0.3) is 0 Å². The Morgan fingerprint density at radius 2 is 0.905 bits per heavy atom. The first-order chi connectivity index (χ1) is 19.6. The molecule has 0 spiro atoms. The number of nitrogens with zero attached hydrogens (tertiary/aromatic N) is 4. The van der Waals surface area contributed by atoms with E-state index >= 15 is 0 Å². The normalized spacial score (nSPS) is 13.5. The fourth-order valence-corrected chi connectivity index (χ4v) is 5.42. The van der Waals surface area contributed by atoms with E-state index in [1.807, 2.05) is 21.8 Å². The van der Waals surface area contributed by atoms with Crippen LogP contribution in [0.1, 0.15) is 92.1 Å². The summed E-state index contributed by atoms with van der Waals surface area (Å²) < 4.78 is 16.6. The van der Waals surface area contributed by atoms with Crippen LogP contribution in [0, 0.1) is 0 Å². The second-order valence-electron chi connectivity index (χ2n) is 14.7. The molecule has 6 rings (SSSR count). The molecule has 2 aromatic carbocycles. The highest BCUT2D eigenvalue weighted by molar-refractivity contribution is 5.86. The van der Waals surface area contributed by atoms with Gasteiger partial charge in [-0.15, -0.1) is 0 Å². The molecular weight excluding hydrogens is 520 g/mol. The average molecular weight is 563 g/mol. The van der Waals surface area contributed by atoms with Crippen molar-refractivity contribution >= 4 is 21.9 Å². The summed E-state index contributed by atoms with van der Waals surface area (Å²) in [7, 11) is 0. The molecule has 0 bridgehead atoms. The minimum Gasteiger partial charge on any atom is -0.458 e. The van der Waals surface area contributed by atoms with E-state index in [9.17, 15) is 0 Å². The van der Waals surface area contributed by atoms with Gasteiger partial charge in [0.15, 0.2) is 11.2 Å². The van der Waals surface area contributed by atoms with Crippen molar-refractivity contribution in [2.24, 2.45) is 0 Å². The van der Waals surface area contributed by atoms with Crippen molar-refractivity contribution in [3.05, 3.63) is 96.0 Å². The number of fused-ring (bicyclic) bond motifs is 2. The Hall–Kier alpha value is -4.06. The van der Waals surface area contributed by atoms with E-state index in [0.717, 1.165) is 56.2 Å². The fourth-order valence-electron chi connectivity index (χ4n) is 5.42. The van der Waals surface area contributed by atoms with Crippen molar-refractivity contribution in [1.82, 2.24) is 19.6 Å². The number of furan rings is 2. The molecule has 0 amide bonds. The van der Waals surface area contributed by atoms with Crippen LogP contribution in [0.15, 0.2) is 81.9 Å². The van der Waals surface area contributed by atoms with Gasteiger partial charge in [-0.2, -0.15) is 10.2 Å². The topological polar surface area (TPSA) is 61.9 Å². The molecule has 0 unspecified atom stereocenters. The zero-order chi connectivity index (χ0) is 30.2. The molecule has 0 N–H and O–H groups in total. The third kappa shape index (κ3) is 4.48. The molecule has 6 aromatic rings. The first-order valence-corrected chi connectivity index (χ1v) is 14.8. The lowest BCUT2D eigenvalue weighted by molar-refractivity contribution is 0.286. The third-order valence-electron chi connectivity index (χ3n) is 9.04. The third-order valence-corrected chi connectivity index (χ3v) is 9.04. The highest BCUT2D eigenvalue weighted by atomic mass is 16.3. The number of hydrogen-bond acceptors (Lipinski definition) is 4. The molecule has 42 heavy (non-hydrogen) atoms. The molecule has 0 aliphatic heterocycles. The van der Waals surface area contributed by atoms with Crippen LogP contribution in [0.5, 0.6) is 0 Å². The van der Waals surface area contributed by atoms with Crippen molar-refractivity contribution < 1.29 is 8.83 Å². The Morgan fingerprint density at radius 3 is 1.26 bits per heavy atom. The van der Waals surface area contributed by atoms with Crippen LogP contribution in [-0.4, -0.2) is 19.6 Å². The van der Waals surface area contributed by atoms with Gasteiger partial charge in [-0.25, -0.2) is 9.36 Å². The van der Waals surface area contributed by atoms with Gasteiger partial charge < -0.3 is 8.83 Å². The predicted molar refractivity (Wildman–Crippen MR) is 170 cm³/mol. The van der Waals surface area contributed by atoms with Gasteiger partial charge in [-0.05, 0) is 36.4 Å². The number of aromatic nitrogens is 4. The van der Waals surface area contributed by atoms with E-state index in [1.54, 1.807) is 0 Å². The maximum atomic E-state index is 6.36. The molecule has 6 heteroatoms. The molecule has 0 atom stereocenters. The summed E-state index contributed by atoms with van der Waals surface area (Å²) in [4.78, 5) is 0. The summed E-state index contributed by atoms with van der Waals surface area (Å²) in [5, 5.41) is 12.4. The van der Waals surface area contributed by atoms with E-state index in [0.29, 0.717) is 0 Å². The molecule has 4 heterocycles. The van der Waals surface area contributed by atoms with Crippen LogP contribution < -0.4 is 0 Å². The van der Waals surface area contributed by atoms with Crippen molar-refractivity contribution in [2.75, 3.05) is 0 Å². The number of benzene rings is 2. The van der Waals surface area contributed by atoms with Crippen LogP contribution in [0.3, 0.4) is 0 Å². The second kappa shape index (κ2) is 9.22. The maximum Gasteiger partial charge on any atom is 0.159 e. The second-order valence-corrected chi connectivity index (χ2v) is 14.7. The SMILES string of the molecule is CC(C)(C)c1cc2cccc(-n3ccc(C(C)(C)C(C)(C)c4ccn(-c5cccc6cc(C(C)(C)C)oc56)n4)n3)c2o1. The zero-order valence-corrected chi connectivity index (χ0v) is 26.5. The van der Waals surface area contributed by atoms with Crippen LogP contribution >= 0.6 is 0 Å². The predicted octanol–water partition coefficient (Wildman–Crippen LogP) is 9.40. The highest BCUT2D eigenvalue weighted by Gasteiger charge is 2.43.